The van der Waals surface area contributed by atoms with Gasteiger partial charge in [0, 0.05) is 6.54 Å². The number of ether oxygens (including phenoxy) is 2. The lowest BCUT2D eigenvalue weighted by Gasteiger charge is -2.13. The van der Waals surface area contributed by atoms with Gasteiger partial charge in [0.05, 0.1) is 12.5 Å². The second-order valence-corrected chi connectivity index (χ2v) is 4.24. The number of methoxy groups -OCH3 is 1. The van der Waals surface area contributed by atoms with Crippen LogP contribution in [0.4, 0.5) is 0 Å². The van der Waals surface area contributed by atoms with Gasteiger partial charge in [-0.1, -0.05) is 12.1 Å². The minimum absolute atomic E-state index is 0. The third kappa shape index (κ3) is 2.76. The summed E-state index contributed by atoms with van der Waals surface area (Å²) in [7, 11) is 1.43. The van der Waals surface area contributed by atoms with Crippen LogP contribution in [0.25, 0.3) is 0 Å². The Labute approximate surface area is 113 Å². The van der Waals surface area contributed by atoms with Crippen molar-refractivity contribution in [3.8, 4) is 5.75 Å². The first-order valence-corrected chi connectivity index (χ1v) is 5.75. The summed E-state index contributed by atoms with van der Waals surface area (Å²) in [5, 5.41) is 0. The standard InChI is InChI=1S/C13H17NO3.ClH/c1-16-12(15)13(6-7-13)10-2-4-11(5-3-10)17-9-8-14;/h2-5H,6-9,14H2,1H3;1H. The van der Waals surface area contributed by atoms with E-state index in [9.17, 15) is 4.79 Å². The Bertz CT molecular complexity index is 401. The topological polar surface area (TPSA) is 61.5 Å². The summed E-state index contributed by atoms with van der Waals surface area (Å²) in [6.07, 6.45) is 1.73. The Hall–Kier alpha value is -1.26. The number of carbonyl (C=O) groups excluding carboxylic acids is 1. The van der Waals surface area contributed by atoms with Crippen LogP contribution >= 0.6 is 12.4 Å². The molecule has 0 unspecified atom stereocenters. The smallest absolute Gasteiger partial charge is 0.316 e. The van der Waals surface area contributed by atoms with Crippen LogP contribution in [0.15, 0.2) is 24.3 Å². The molecule has 0 spiro atoms. The van der Waals surface area contributed by atoms with Gasteiger partial charge in [-0.15, -0.1) is 12.4 Å². The summed E-state index contributed by atoms with van der Waals surface area (Å²) >= 11 is 0. The van der Waals surface area contributed by atoms with E-state index in [-0.39, 0.29) is 18.4 Å². The van der Waals surface area contributed by atoms with Crippen LogP contribution in [-0.2, 0) is 14.9 Å². The molecule has 0 bridgehead atoms. The van der Waals surface area contributed by atoms with Crippen molar-refractivity contribution >= 4 is 18.4 Å². The molecule has 1 aliphatic rings. The largest absolute Gasteiger partial charge is 0.492 e. The Balaban J connectivity index is 0.00000162. The molecular weight excluding hydrogens is 254 g/mol. The van der Waals surface area contributed by atoms with E-state index >= 15 is 0 Å². The van der Waals surface area contributed by atoms with Crippen molar-refractivity contribution in [1.82, 2.24) is 0 Å². The Morgan fingerprint density at radius 1 is 1.33 bits per heavy atom. The van der Waals surface area contributed by atoms with Crippen molar-refractivity contribution in [2.24, 2.45) is 5.73 Å². The van der Waals surface area contributed by atoms with Crippen LogP contribution in [0.5, 0.6) is 5.75 Å². The molecule has 2 rings (SSSR count). The average Bonchev–Trinajstić information content (AvgIpc) is 3.17. The normalized spacial score (nSPS) is 15.4. The predicted molar refractivity (Wildman–Crippen MR) is 71.2 cm³/mol. The molecule has 1 saturated carbocycles. The maximum Gasteiger partial charge on any atom is 0.316 e. The highest BCUT2D eigenvalue weighted by Crippen LogP contribution is 2.49. The van der Waals surface area contributed by atoms with Crippen molar-refractivity contribution in [2.75, 3.05) is 20.3 Å². The molecule has 1 aromatic carbocycles. The maximum atomic E-state index is 11.7. The van der Waals surface area contributed by atoms with E-state index in [1.165, 1.54) is 7.11 Å². The second kappa shape index (κ2) is 6.07. The van der Waals surface area contributed by atoms with Crippen molar-refractivity contribution < 1.29 is 14.3 Å². The Morgan fingerprint density at radius 3 is 2.39 bits per heavy atom. The molecule has 100 valence electrons. The molecule has 5 heteroatoms. The molecule has 0 aromatic heterocycles. The lowest BCUT2D eigenvalue weighted by Crippen LogP contribution is -2.21. The van der Waals surface area contributed by atoms with E-state index in [0.29, 0.717) is 13.2 Å². The van der Waals surface area contributed by atoms with Crippen LogP contribution in [0.1, 0.15) is 18.4 Å². The fourth-order valence-corrected chi connectivity index (χ4v) is 1.98. The molecule has 0 aliphatic heterocycles. The number of rotatable bonds is 5. The van der Waals surface area contributed by atoms with Crippen LogP contribution in [0.3, 0.4) is 0 Å². The van der Waals surface area contributed by atoms with Gasteiger partial charge in [0.2, 0.25) is 0 Å². The third-order valence-corrected chi connectivity index (χ3v) is 3.12. The van der Waals surface area contributed by atoms with Crippen molar-refractivity contribution in [2.45, 2.75) is 18.3 Å². The first-order valence-electron chi connectivity index (χ1n) is 5.75. The number of nitrogens with two attached hydrogens (primary N) is 1. The molecule has 0 atom stereocenters. The first-order chi connectivity index (χ1) is 8.23. The van der Waals surface area contributed by atoms with Crippen LogP contribution in [-0.4, -0.2) is 26.2 Å². The van der Waals surface area contributed by atoms with E-state index in [0.717, 1.165) is 24.2 Å². The van der Waals surface area contributed by atoms with Crippen LogP contribution in [0, 0.1) is 0 Å². The molecule has 18 heavy (non-hydrogen) atoms. The summed E-state index contributed by atoms with van der Waals surface area (Å²) in [6, 6.07) is 7.59. The number of esters is 1. The SMILES string of the molecule is COC(=O)C1(c2ccc(OCCN)cc2)CC1.Cl. The number of hydrogen-bond donors (Lipinski definition) is 1. The quantitative estimate of drug-likeness (QED) is 0.827. The maximum absolute atomic E-state index is 11.7. The zero-order valence-electron chi connectivity index (χ0n) is 10.3. The van der Waals surface area contributed by atoms with Gasteiger partial charge in [-0.3, -0.25) is 4.79 Å². The Morgan fingerprint density at radius 2 is 1.94 bits per heavy atom. The van der Waals surface area contributed by atoms with Crippen molar-refractivity contribution in [3.63, 3.8) is 0 Å². The first kappa shape index (κ1) is 14.8. The minimum Gasteiger partial charge on any atom is -0.492 e. The predicted octanol–water partition coefficient (Wildman–Crippen LogP) is 1.65. The van der Waals surface area contributed by atoms with Gasteiger partial charge in [-0.25, -0.2) is 0 Å². The van der Waals surface area contributed by atoms with E-state index in [4.69, 9.17) is 15.2 Å². The summed E-state index contributed by atoms with van der Waals surface area (Å²) < 4.78 is 10.2. The van der Waals surface area contributed by atoms with Crippen molar-refractivity contribution in [1.29, 1.82) is 0 Å². The Kier molecular flexibility index (Phi) is 4.99. The molecule has 0 heterocycles. The van der Waals surface area contributed by atoms with Gasteiger partial charge < -0.3 is 15.2 Å². The highest BCUT2D eigenvalue weighted by atomic mass is 35.5. The molecule has 1 fully saturated rings. The average molecular weight is 272 g/mol. The van der Waals surface area contributed by atoms with Gasteiger partial charge in [0.15, 0.2) is 0 Å². The summed E-state index contributed by atoms with van der Waals surface area (Å²) in [6.45, 7) is 0.995. The molecule has 1 aromatic rings. The lowest BCUT2D eigenvalue weighted by atomic mass is 9.96. The summed E-state index contributed by atoms with van der Waals surface area (Å²) in [5.41, 5.74) is 5.96. The molecule has 1 aliphatic carbocycles. The van der Waals surface area contributed by atoms with Gasteiger partial charge >= 0.3 is 5.97 Å². The molecule has 2 N–H and O–H groups in total. The number of benzene rings is 1. The van der Waals surface area contributed by atoms with Crippen LogP contribution in [0.2, 0.25) is 0 Å². The fraction of sp³-hybridized carbons (Fsp3) is 0.462. The number of carbonyl (C=O) groups is 1. The van der Waals surface area contributed by atoms with E-state index in [1.54, 1.807) is 0 Å². The molecular formula is C13H18ClNO3. The van der Waals surface area contributed by atoms with Gasteiger partial charge in [0.1, 0.15) is 12.4 Å². The third-order valence-electron chi connectivity index (χ3n) is 3.12. The van der Waals surface area contributed by atoms with Gasteiger partial charge in [-0.05, 0) is 30.5 Å². The highest BCUT2D eigenvalue weighted by Gasteiger charge is 2.52. The van der Waals surface area contributed by atoms with Crippen LogP contribution < -0.4 is 10.5 Å². The fourth-order valence-electron chi connectivity index (χ4n) is 1.98. The summed E-state index contributed by atoms with van der Waals surface area (Å²) in [4.78, 5) is 11.7. The van der Waals surface area contributed by atoms with Gasteiger partial charge in [-0.2, -0.15) is 0 Å². The molecule has 0 amide bonds. The molecule has 0 radical (unpaired) electrons. The number of hydrogen-bond acceptors (Lipinski definition) is 4. The molecule has 4 nitrogen and oxygen atoms in total. The van der Waals surface area contributed by atoms with E-state index < -0.39 is 5.41 Å². The van der Waals surface area contributed by atoms with E-state index in [2.05, 4.69) is 0 Å². The number of halogens is 1. The minimum atomic E-state index is -0.402. The highest BCUT2D eigenvalue weighted by molar-refractivity contribution is 5.86. The van der Waals surface area contributed by atoms with E-state index in [1.807, 2.05) is 24.3 Å². The zero-order chi connectivity index (χ0) is 12.3. The molecule has 0 saturated heterocycles. The second-order valence-electron chi connectivity index (χ2n) is 4.24. The zero-order valence-corrected chi connectivity index (χ0v) is 11.2. The van der Waals surface area contributed by atoms with Crippen molar-refractivity contribution in [3.05, 3.63) is 29.8 Å². The van der Waals surface area contributed by atoms with Gasteiger partial charge in [0.25, 0.3) is 0 Å². The lowest BCUT2D eigenvalue weighted by molar-refractivity contribution is -0.143. The summed E-state index contributed by atoms with van der Waals surface area (Å²) in [5.74, 6) is 0.632. The monoisotopic (exact) mass is 271 g/mol.